The van der Waals surface area contributed by atoms with Gasteiger partial charge >= 0.3 is 0 Å². The Balaban J connectivity index is 1.37. The Bertz CT molecular complexity index is 2330. The average molecular weight is 525 g/mol. The largest absolute Gasteiger partial charge is 0.309 e. The van der Waals surface area contributed by atoms with Crippen molar-refractivity contribution < 1.29 is 0 Å². The second-order valence-electron chi connectivity index (χ2n) is 11.8. The third-order valence-corrected chi connectivity index (χ3v) is 9.30. The minimum atomic E-state index is -0.0263. The van der Waals surface area contributed by atoms with E-state index in [1.54, 1.807) is 0 Å². The summed E-state index contributed by atoms with van der Waals surface area (Å²) in [5, 5.41) is 5.14. The molecule has 1 aliphatic rings. The molecule has 0 bridgehead atoms. The minimum Gasteiger partial charge on any atom is -0.309 e. The van der Waals surface area contributed by atoms with Gasteiger partial charge in [-0.2, -0.15) is 0 Å². The van der Waals surface area contributed by atoms with E-state index in [1.165, 1.54) is 77.2 Å². The lowest BCUT2D eigenvalue weighted by atomic mass is 9.82. The lowest BCUT2D eigenvalue weighted by Gasteiger charge is -2.21. The molecule has 9 rings (SSSR count). The van der Waals surface area contributed by atoms with Gasteiger partial charge in [0, 0.05) is 38.3 Å². The smallest absolute Gasteiger partial charge is 0.0547 e. The van der Waals surface area contributed by atoms with Gasteiger partial charge < -0.3 is 9.13 Å². The van der Waals surface area contributed by atoms with E-state index in [0.29, 0.717) is 0 Å². The first-order valence-electron chi connectivity index (χ1n) is 14.4. The molecule has 0 N–H and O–H groups in total. The Morgan fingerprint density at radius 1 is 0.390 bits per heavy atom. The third kappa shape index (κ3) is 2.97. The van der Waals surface area contributed by atoms with E-state index in [-0.39, 0.29) is 5.41 Å². The zero-order valence-corrected chi connectivity index (χ0v) is 23.1. The second-order valence-corrected chi connectivity index (χ2v) is 11.8. The number of aromatic nitrogens is 2. The summed E-state index contributed by atoms with van der Waals surface area (Å²) in [5.41, 5.74) is 12.8. The van der Waals surface area contributed by atoms with Crippen LogP contribution in [0.5, 0.6) is 0 Å². The summed E-state index contributed by atoms with van der Waals surface area (Å²) in [6, 6.07) is 49.1. The molecule has 0 saturated heterocycles. The summed E-state index contributed by atoms with van der Waals surface area (Å²) >= 11 is 0. The highest BCUT2D eigenvalue weighted by Gasteiger charge is 2.36. The van der Waals surface area contributed by atoms with E-state index in [0.717, 1.165) is 0 Å². The average Bonchev–Trinajstić information content (AvgIpc) is 3.60. The molecule has 2 heteroatoms. The molecule has 8 aromatic rings. The Hall–Kier alpha value is -5.08. The summed E-state index contributed by atoms with van der Waals surface area (Å²) in [7, 11) is 0. The number of fused-ring (bicyclic) bond motifs is 9. The lowest BCUT2D eigenvalue weighted by molar-refractivity contribution is 0.661. The monoisotopic (exact) mass is 524 g/mol. The van der Waals surface area contributed by atoms with Crippen LogP contribution in [0.3, 0.4) is 0 Å². The van der Waals surface area contributed by atoms with Crippen molar-refractivity contribution in [3.05, 3.63) is 145 Å². The maximum absolute atomic E-state index is 2.47. The van der Waals surface area contributed by atoms with Crippen LogP contribution < -0.4 is 0 Å². The summed E-state index contributed by atoms with van der Waals surface area (Å²) < 4.78 is 4.85. The quantitative estimate of drug-likeness (QED) is 0.213. The zero-order chi connectivity index (χ0) is 27.3. The molecule has 0 saturated carbocycles. The van der Waals surface area contributed by atoms with Crippen LogP contribution in [-0.4, -0.2) is 9.13 Å². The summed E-state index contributed by atoms with van der Waals surface area (Å²) in [6.45, 7) is 4.72. The molecule has 0 radical (unpaired) electrons. The fourth-order valence-electron chi connectivity index (χ4n) is 7.40. The van der Waals surface area contributed by atoms with Crippen molar-refractivity contribution in [3.63, 3.8) is 0 Å². The number of benzene rings is 6. The van der Waals surface area contributed by atoms with Gasteiger partial charge in [0.05, 0.1) is 22.1 Å². The number of hydrogen-bond acceptors (Lipinski definition) is 0. The Kier molecular flexibility index (Phi) is 4.42. The summed E-state index contributed by atoms with van der Waals surface area (Å²) in [6.07, 6.45) is 0. The van der Waals surface area contributed by atoms with Crippen LogP contribution in [0.2, 0.25) is 0 Å². The van der Waals surface area contributed by atoms with Crippen molar-refractivity contribution in [2.45, 2.75) is 19.3 Å². The zero-order valence-electron chi connectivity index (χ0n) is 23.1. The number of nitrogens with zero attached hydrogens (tertiary/aromatic N) is 2. The molecule has 0 spiro atoms. The van der Waals surface area contributed by atoms with E-state index in [1.807, 2.05) is 0 Å². The molecule has 194 valence electrons. The normalized spacial score (nSPS) is 13.8. The molecule has 6 aromatic carbocycles. The van der Waals surface area contributed by atoms with Crippen molar-refractivity contribution >= 4 is 43.6 Å². The van der Waals surface area contributed by atoms with Crippen LogP contribution in [0.15, 0.2) is 133 Å². The highest BCUT2D eigenvalue weighted by atomic mass is 15.0. The van der Waals surface area contributed by atoms with Crippen molar-refractivity contribution in [3.8, 4) is 22.5 Å². The molecule has 2 aromatic heterocycles. The summed E-state index contributed by atoms with van der Waals surface area (Å²) in [5.74, 6) is 0. The van der Waals surface area contributed by atoms with Crippen LogP contribution in [0, 0.1) is 0 Å². The first kappa shape index (κ1) is 22.7. The molecule has 0 fully saturated rings. The molecule has 1 aliphatic carbocycles. The van der Waals surface area contributed by atoms with Crippen LogP contribution in [0.1, 0.15) is 25.0 Å². The summed E-state index contributed by atoms with van der Waals surface area (Å²) in [4.78, 5) is 0. The number of rotatable bonds is 2. The van der Waals surface area contributed by atoms with Gasteiger partial charge in [-0.05, 0) is 76.9 Å². The predicted octanol–water partition coefficient (Wildman–Crippen LogP) is 10.2. The highest BCUT2D eigenvalue weighted by molar-refractivity contribution is 6.13. The Morgan fingerprint density at radius 2 is 0.976 bits per heavy atom. The molecule has 2 heterocycles. The maximum atomic E-state index is 2.47. The molecular weight excluding hydrogens is 496 g/mol. The van der Waals surface area contributed by atoms with E-state index < -0.39 is 0 Å². The lowest BCUT2D eigenvalue weighted by Crippen LogP contribution is -2.14. The van der Waals surface area contributed by atoms with E-state index >= 15 is 0 Å². The maximum Gasteiger partial charge on any atom is 0.0547 e. The van der Waals surface area contributed by atoms with Crippen molar-refractivity contribution in [2.75, 3.05) is 0 Å². The van der Waals surface area contributed by atoms with Crippen LogP contribution in [0.4, 0.5) is 0 Å². The SMILES string of the molecule is CC1(C)c2ccccc2-c2cc3c(cc21)c1ccccc1n3-c1ccc2c(c1)c1ccccc1n2-c1ccccc1. The fraction of sp³-hybridized carbons (Fsp3) is 0.0769. The first-order chi connectivity index (χ1) is 20.1. The van der Waals surface area contributed by atoms with Crippen molar-refractivity contribution in [2.24, 2.45) is 0 Å². The molecule has 41 heavy (non-hydrogen) atoms. The molecule has 0 aliphatic heterocycles. The number of hydrogen-bond donors (Lipinski definition) is 0. The van der Waals surface area contributed by atoms with Gasteiger partial charge in [-0.15, -0.1) is 0 Å². The van der Waals surface area contributed by atoms with Gasteiger partial charge in [-0.1, -0.05) is 92.7 Å². The highest BCUT2D eigenvalue weighted by Crippen LogP contribution is 2.51. The Labute approximate surface area is 238 Å². The first-order valence-corrected chi connectivity index (χ1v) is 14.4. The van der Waals surface area contributed by atoms with Crippen LogP contribution >= 0.6 is 0 Å². The molecule has 0 amide bonds. The van der Waals surface area contributed by atoms with Gasteiger partial charge in [0.15, 0.2) is 0 Å². The second kappa shape index (κ2) is 7.99. The molecular formula is C39H28N2. The van der Waals surface area contributed by atoms with Gasteiger partial charge in [0.25, 0.3) is 0 Å². The molecule has 0 atom stereocenters. The van der Waals surface area contributed by atoms with Gasteiger partial charge in [-0.25, -0.2) is 0 Å². The van der Waals surface area contributed by atoms with E-state index in [9.17, 15) is 0 Å². The van der Waals surface area contributed by atoms with Crippen LogP contribution in [-0.2, 0) is 5.41 Å². The molecule has 2 nitrogen and oxygen atoms in total. The predicted molar refractivity (Wildman–Crippen MR) is 173 cm³/mol. The molecule has 0 unspecified atom stereocenters. The van der Waals surface area contributed by atoms with E-state index in [2.05, 4.69) is 156 Å². The van der Waals surface area contributed by atoms with Gasteiger partial charge in [-0.3, -0.25) is 0 Å². The fourth-order valence-corrected chi connectivity index (χ4v) is 7.40. The van der Waals surface area contributed by atoms with Gasteiger partial charge in [0.1, 0.15) is 0 Å². The minimum absolute atomic E-state index is 0.0263. The number of para-hydroxylation sites is 3. The standard InChI is InChI=1S/C39H28N2/c1-39(2)33-17-9-6-14-27(33)30-24-38-32(23-34(30)39)29-16-8-11-19-36(29)41(38)26-20-21-37-31(22-26)28-15-7-10-18-35(28)40(37)25-12-4-3-5-13-25/h3-24H,1-2H3. The van der Waals surface area contributed by atoms with E-state index in [4.69, 9.17) is 0 Å². The van der Waals surface area contributed by atoms with Crippen molar-refractivity contribution in [1.82, 2.24) is 9.13 Å². The Morgan fingerprint density at radius 3 is 1.73 bits per heavy atom. The van der Waals surface area contributed by atoms with Crippen molar-refractivity contribution in [1.29, 1.82) is 0 Å². The van der Waals surface area contributed by atoms with Crippen LogP contribution in [0.25, 0.3) is 66.1 Å². The topological polar surface area (TPSA) is 9.86 Å². The third-order valence-electron chi connectivity index (χ3n) is 9.30. The van der Waals surface area contributed by atoms with Gasteiger partial charge in [0.2, 0.25) is 0 Å².